The van der Waals surface area contributed by atoms with Crippen LogP contribution >= 0.6 is 0 Å². The van der Waals surface area contributed by atoms with Crippen LogP contribution in [0.25, 0.3) is 0 Å². The monoisotopic (exact) mass is 259 g/mol. The number of H-pyrrole nitrogens is 1. The highest BCUT2D eigenvalue weighted by molar-refractivity contribution is 5.75. The molecule has 0 unspecified atom stereocenters. The van der Waals surface area contributed by atoms with E-state index >= 15 is 0 Å². The lowest BCUT2D eigenvalue weighted by atomic mass is 10.3. The minimum atomic E-state index is 0.0258. The van der Waals surface area contributed by atoms with Crippen LogP contribution in [0.2, 0.25) is 0 Å². The van der Waals surface area contributed by atoms with Crippen molar-refractivity contribution in [3.8, 4) is 5.75 Å². The highest BCUT2D eigenvalue weighted by Crippen LogP contribution is 2.08. The van der Waals surface area contributed by atoms with Gasteiger partial charge in [-0.05, 0) is 18.6 Å². The molecule has 1 aromatic carbocycles. The van der Waals surface area contributed by atoms with Crippen LogP contribution in [0.5, 0.6) is 5.75 Å². The van der Waals surface area contributed by atoms with Gasteiger partial charge in [-0.1, -0.05) is 18.2 Å². The van der Waals surface area contributed by atoms with Crippen molar-refractivity contribution in [1.82, 2.24) is 15.5 Å². The number of amides is 1. The highest BCUT2D eigenvalue weighted by Gasteiger charge is 2.02. The molecule has 2 aromatic rings. The van der Waals surface area contributed by atoms with E-state index in [4.69, 9.17) is 4.74 Å². The number of aromatic amines is 1. The predicted octanol–water partition coefficient (Wildman–Crippen LogP) is 1.89. The maximum absolute atomic E-state index is 11.6. The smallest absolute Gasteiger partial charge is 0.220 e. The third-order valence-electron chi connectivity index (χ3n) is 2.60. The van der Waals surface area contributed by atoms with Gasteiger partial charge >= 0.3 is 0 Å². The van der Waals surface area contributed by atoms with Crippen molar-refractivity contribution in [3.63, 3.8) is 0 Å². The summed E-state index contributed by atoms with van der Waals surface area (Å²) >= 11 is 0. The van der Waals surface area contributed by atoms with E-state index in [0.717, 1.165) is 11.3 Å². The molecule has 5 heteroatoms. The van der Waals surface area contributed by atoms with Gasteiger partial charge in [0.25, 0.3) is 0 Å². The van der Waals surface area contributed by atoms with E-state index in [1.54, 1.807) is 12.4 Å². The SMILES string of the molecule is O=C(CCCOc1ccccc1)NCc1cn[nH]c1. The summed E-state index contributed by atoms with van der Waals surface area (Å²) in [6, 6.07) is 9.59. The second-order valence-corrected chi connectivity index (χ2v) is 4.15. The van der Waals surface area contributed by atoms with Crippen LogP contribution in [0.4, 0.5) is 0 Å². The zero-order chi connectivity index (χ0) is 13.3. The van der Waals surface area contributed by atoms with Crippen LogP contribution in [0.15, 0.2) is 42.7 Å². The molecule has 1 amide bonds. The van der Waals surface area contributed by atoms with E-state index in [9.17, 15) is 4.79 Å². The Morgan fingerprint density at radius 3 is 2.89 bits per heavy atom. The Bertz CT molecular complexity index is 483. The van der Waals surface area contributed by atoms with Gasteiger partial charge in [-0.25, -0.2) is 0 Å². The largest absolute Gasteiger partial charge is 0.494 e. The van der Waals surface area contributed by atoms with Crippen molar-refractivity contribution in [2.24, 2.45) is 0 Å². The Labute approximate surface area is 112 Å². The summed E-state index contributed by atoms with van der Waals surface area (Å²) in [7, 11) is 0. The highest BCUT2D eigenvalue weighted by atomic mass is 16.5. The molecule has 5 nitrogen and oxygen atoms in total. The Hall–Kier alpha value is -2.30. The van der Waals surface area contributed by atoms with Gasteiger partial charge in [0, 0.05) is 24.7 Å². The van der Waals surface area contributed by atoms with Crippen LogP contribution in [-0.4, -0.2) is 22.7 Å². The number of benzene rings is 1. The fourth-order valence-electron chi connectivity index (χ4n) is 1.60. The molecule has 0 atom stereocenters. The third-order valence-corrected chi connectivity index (χ3v) is 2.60. The summed E-state index contributed by atoms with van der Waals surface area (Å²) in [4.78, 5) is 11.6. The second-order valence-electron chi connectivity index (χ2n) is 4.15. The minimum Gasteiger partial charge on any atom is -0.494 e. The van der Waals surface area contributed by atoms with Crippen LogP contribution in [0.3, 0.4) is 0 Å². The minimum absolute atomic E-state index is 0.0258. The summed E-state index contributed by atoms with van der Waals surface area (Å²) in [6.45, 7) is 1.05. The fourth-order valence-corrected chi connectivity index (χ4v) is 1.60. The third kappa shape index (κ3) is 4.83. The zero-order valence-electron chi connectivity index (χ0n) is 10.6. The van der Waals surface area contributed by atoms with E-state index in [1.807, 2.05) is 30.3 Å². The van der Waals surface area contributed by atoms with E-state index < -0.39 is 0 Å². The molecule has 0 spiro atoms. The first-order valence-electron chi connectivity index (χ1n) is 6.27. The molecule has 1 aromatic heterocycles. The zero-order valence-corrected chi connectivity index (χ0v) is 10.6. The molecule has 0 aliphatic rings. The van der Waals surface area contributed by atoms with Crippen LogP contribution < -0.4 is 10.1 Å². The summed E-state index contributed by atoms with van der Waals surface area (Å²) < 4.78 is 5.51. The number of rotatable bonds is 7. The Kier molecular flexibility index (Phi) is 4.98. The van der Waals surface area contributed by atoms with Gasteiger partial charge < -0.3 is 10.1 Å². The summed E-state index contributed by atoms with van der Waals surface area (Å²) in [6.07, 6.45) is 4.62. The fraction of sp³-hybridized carbons (Fsp3) is 0.286. The van der Waals surface area contributed by atoms with Gasteiger partial charge in [0.1, 0.15) is 5.75 Å². The van der Waals surface area contributed by atoms with Crippen molar-refractivity contribution >= 4 is 5.91 Å². The number of nitrogens with zero attached hydrogens (tertiary/aromatic N) is 1. The molecular weight excluding hydrogens is 242 g/mol. The van der Waals surface area contributed by atoms with Gasteiger partial charge in [0.05, 0.1) is 12.8 Å². The average Bonchev–Trinajstić information content (AvgIpc) is 2.96. The molecule has 0 bridgehead atoms. The molecule has 2 N–H and O–H groups in total. The normalized spacial score (nSPS) is 10.1. The lowest BCUT2D eigenvalue weighted by molar-refractivity contribution is -0.121. The number of hydrogen-bond acceptors (Lipinski definition) is 3. The molecule has 0 radical (unpaired) electrons. The van der Waals surface area contributed by atoms with Gasteiger partial charge in [-0.3, -0.25) is 9.89 Å². The van der Waals surface area contributed by atoms with Crippen molar-refractivity contribution in [3.05, 3.63) is 48.3 Å². The van der Waals surface area contributed by atoms with Gasteiger partial charge in [-0.2, -0.15) is 5.10 Å². The number of carbonyl (C=O) groups excluding carboxylic acids is 1. The van der Waals surface area contributed by atoms with Gasteiger partial charge in [0.2, 0.25) is 5.91 Å². The van der Waals surface area contributed by atoms with Crippen LogP contribution in [0.1, 0.15) is 18.4 Å². The maximum Gasteiger partial charge on any atom is 0.220 e. The van der Waals surface area contributed by atoms with Crippen molar-refractivity contribution in [1.29, 1.82) is 0 Å². The Morgan fingerprint density at radius 2 is 2.16 bits per heavy atom. The first kappa shape index (κ1) is 13.1. The van der Waals surface area contributed by atoms with Crippen LogP contribution in [-0.2, 0) is 11.3 Å². The van der Waals surface area contributed by atoms with E-state index in [0.29, 0.717) is 26.0 Å². The van der Waals surface area contributed by atoms with Gasteiger partial charge in [-0.15, -0.1) is 0 Å². The lowest BCUT2D eigenvalue weighted by Gasteiger charge is -2.06. The van der Waals surface area contributed by atoms with E-state index in [-0.39, 0.29) is 5.91 Å². The number of ether oxygens (including phenoxy) is 1. The molecule has 1 heterocycles. The van der Waals surface area contributed by atoms with Crippen LogP contribution in [0, 0.1) is 0 Å². The average molecular weight is 259 g/mol. The maximum atomic E-state index is 11.6. The Morgan fingerprint density at radius 1 is 1.32 bits per heavy atom. The molecule has 100 valence electrons. The predicted molar refractivity (Wildman–Crippen MR) is 71.6 cm³/mol. The number of aromatic nitrogens is 2. The molecule has 0 saturated heterocycles. The molecule has 2 rings (SSSR count). The number of hydrogen-bond donors (Lipinski definition) is 2. The lowest BCUT2D eigenvalue weighted by Crippen LogP contribution is -2.22. The quantitative estimate of drug-likeness (QED) is 0.746. The summed E-state index contributed by atoms with van der Waals surface area (Å²) in [5.74, 6) is 0.860. The standard InChI is InChI=1S/C14H17N3O2/c18-14(15-9-12-10-16-17-11-12)7-4-8-19-13-5-2-1-3-6-13/h1-3,5-6,10-11H,4,7-9H2,(H,15,18)(H,16,17). The molecule has 0 aliphatic carbocycles. The topological polar surface area (TPSA) is 67.0 Å². The summed E-state index contributed by atoms with van der Waals surface area (Å²) in [5.41, 5.74) is 0.967. The first-order valence-corrected chi connectivity index (χ1v) is 6.27. The van der Waals surface area contributed by atoms with E-state index in [1.165, 1.54) is 0 Å². The van der Waals surface area contributed by atoms with Crippen molar-refractivity contribution < 1.29 is 9.53 Å². The first-order chi connectivity index (χ1) is 9.34. The van der Waals surface area contributed by atoms with Crippen molar-refractivity contribution in [2.75, 3.05) is 6.61 Å². The Balaban J connectivity index is 1.57. The van der Waals surface area contributed by atoms with Gasteiger partial charge in [0.15, 0.2) is 0 Å². The second kappa shape index (κ2) is 7.20. The summed E-state index contributed by atoms with van der Waals surface area (Å²) in [5, 5.41) is 9.34. The number of carbonyl (C=O) groups is 1. The molecule has 19 heavy (non-hydrogen) atoms. The number of para-hydroxylation sites is 1. The number of nitrogens with one attached hydrogen (secondary N) is 2. The molecule has 0 fully saturated rings. The molecular formula is C14H17N3O2. The molecule has 0 aliphatic heterocycles. The molecule has 0 saturated carbocycles. The van der Waals surface area contributed by atoms with Crippen molar-refractivity contribution in [2.45, 2.75) is 19.4 Å². The van der Waals surface area contributed by atoms with E-state index in [2.05, 4.69) is 15.5 Å².